The Kier molecular flexibility index (Phi) is 5.45. The first-order chi connectivity index (χ1) is 11.9. The molecular weight excluding hydrogens is 332 g/mol. The highest BCUT2D eigenvalue weighted by molar-refractivity contribution is 7.92. The topological polar surface area (TPSA) is 40.6 Å². The zero-order valence-electron chi connectivity index (χ0n) is 15.0. The van der Waals surface area contributed by atoms with Gasteiger partial charge in [0.2, 0.25) is 10.0 Å². The quantitative estimate of drug-likeness (QED) is 0.797. The third-order valence-corrected chi connectivity index (χ3v) is 6.13. The van der Waals surface area contributed by atoms with Crippen LogP contribution in [0.5, 0.6) is 0 Å². The van der Waals surface area contributed by atoms with Crippen molar-refractivity contribution in [2.24, 2.45) is 0 Å². The van der Waals surface area contributed by atoms with Crippen LogP contribution in [0.3, 0.4) is 0 Å². The summed E-state index contributed by atoms with van der Waals surface area (Å²) in [7, 11) is -1.60. The van der Waals surface area contributed by atoms with Gasteiger partial charge in [0.05, 0.1) is 11.9 Å². The highest BCUT2D eigenvalue weighted by Gasteiger charge is 2.18. The van der Waals surface area contributed by atoms with Crippen LogP contribution in [0.4, 0.5) is 5.69 Å². The zero-order valence-corrected chi connectivity index (χ0v) is 15.8. The van der Waals surface area contributed by atoms with E-state index in [1.807, 2.05) is 12.1 Å². The molecule has 0 spiro atoms. The molecule has 2 aromatic rings. The van der Waals surface area contributed by atoms with E-state index in [1.165, 1.54) is 27.3 Å². The maximum absolute atomic E-state index is 11.7. The first-order valence-electron chi connectivity index (χ1n) is 8.75. The van der Waals surface area contributed by atoms with Gasteiger partial charge in [-0.25, -0.2) is 8.42 Å². The summed E-state index contributed by atoms with van der Waals surface area (Å²) >= 11 is 0. The predicted octanol–water partition coefficient (Wildman–Crippen LogP) is 3.07. The van der Waals surface area contributed by atoms with Crippen LogP contribution in [0.15, 0.2) is 48.5 Å². The first-order valence-corrected chi connectivity index (χ1v) is 10.6. The average Bonchev–Trinajstić information content (AvgIpc) is 2.61. The van der Waals surface area contributed by atoms with E-state index in [0.717, 1.165) is 44.6 Å². The number of rotatable bonds is 6. The smallest absolute Gasteiger partial charge is 0.231 e. The van der Waals surface area contributed by atoms with Crippen LogP contribution in [0.25, 0.3) is 0 Å². The number of sulfonamides is 1. The number of aryl methyl sites for hydroxylation is 1. The Morgan fingerprint density at radius 2 is 1.84 bits per heavy atom. The fourth-order valence-electron chi connectivity index (χ4n) is 3.33. The Labute approximate surface area is 151 Å². The zero-order chi connectivity index (χ0) is 17.9. The van der Waals surface area contributed by atoms with E-state index in [1.54, 1.807) is 7.05 Å². The Morgan fingerprint density at radius 1 is 1.08 bits per heavy atom. The molecule has 1 heterocycles. The molecule has 1 aliphatic rings. The van der Waals surface area contributed by atoms with Crippen molar-refractivity contribution in [3.05, 3.63) is 65.2 Å². The maximum Gasteiger partial charge on any atom is 0.231 e. The van der Waals surface area contributed by atoms with Crippen LogP contribution >= 0.6 is 0 Å². The molecule has 0 fully saturated rings. The highest BCUT2D eigenvalue weighted by atomic mass is 32.2. The lowest BCUT2D eigenvalue weighted by atomic mass is 9.98. The number of benzene rings is 2. The lowest BCUT2D eigenvalue weighted by Gasteiger charge is -2.29. The number of fused-ring (bicyclic) bond motifs is 1. The van der Waals surface area contributed by atoms with Crippen molar-refractivity contribution >= 4 is 15.7 Å². The third-order valence-electron chi connectivity index (χ3n) is 4.92. The maximum atomic E-state index is 11.7. The van der Waals surface area contributed by atoms with Gasteiger partial charge in [0, 0.05) is 20.1 Å². The second-order valence-electron chi connectivity index (χ2n) is 6.80. The van der Waals surface area contributed by atoms with E-state index >= 15 is 0 Å². The Bertz CT molecular complexity index is 819. The van der Waals surface area contributed by atoms with Crippen molar-refractivity contribution in [2.45, 2.75) is 25.8 Å². The predicted molar refractivity (Wildman–Crippen MR) is 103 cm³/mol. The highest BCUT2D eigenvalue weighted by Crippen LogP contribution is 2.25. The normalized spacial score (nSPS) is 15.0. The third kappa shape index (κ3) is 4.61. The monoisotopic (exact) mass is 358 g/mol. The van der Waals surface area contributed by atoms with Crippen LogP contribution in [0.2, 0.25) is 0 Å². The van der Waals surface area contributed by atoms with Crippen molar-refractivity contribution in [2.75, 3.05) is 30.7 Å². The van der Waals surface area contributed by atoms with Crippen molar-refractivity contribution in [3.8, 4) is 0 Å². The average molecular weight is 359 g/mol. The fraction of sp³-hybridized carbons (Fsp3) is 0.400. The molecule has 25 heavy (non-hydrogen) atoms. The van der Waals surface area contributed by atoms with E-state index in [9.17, 15) is 8.42 Å². The van der Waals surface area contributed by atoms with Crippen molar-refractivity contribution < 1.29 is 8.42 Å². The summed E-state index contributed by atoms with van der Waals surface area (Å²) in [4.78, 5) is 2.49. The summed E-state index contributed by atoms with van der Waals surface area (Å²) in [5, 5.41) is 0. The van der Waals surface area contributed by atoms with Crippen LogP contribution in [0, 0.1) is 0 Å². The minimum Gasteiger partial charge on any atom is -0.299 e. The van der Waals surface area contributed by atoms with E-state index in [2.05, 4.69) is 41.3 Å². The molecular formula is C20H26N2O2S. The molecule has 0 aliphatic carbocycles. The molecule has 0 amide bonds. The fourth-order valence-corrected chi connectivity index (χ4v) is 3.82. The lowest BCUT2D eigenvalue weighted by Crippen LogP contribution is -2.32. The second-order valence-corrected chi connectivity index (χ2v) is 8.81. The number of hydrogen-bond acceptors (Lipinski definition) is 3. The molecule has 0 atom stereocenters. The summed E-state index contributed by atoms with van der Waals surface area (Å²) in [6.45, 7) is 3.08. The van der Waals surface area contributed by atoms with Crippen LogP contribution in [-0.2, 0) is 29.4 Å². The largest absolute Gasteiger partial charge is 0.299 e. The minimum atomic E-state index is -3.21. The van der Waals surface area contributed by atoms with Crippen LogP contribution in [0.1, 0.15) is 23.1 Å². The van der Waals surface area contributed by atoms with Crippen LogP contribution < -0.4 is 4.31 Å². The number of nitrogens with zero attached hydrogens (tertiary/aromatic N) is 2. The molecule has 0 radical (unpaired) electrons. The van der Waals surface area contributed by atoms with Gasteiger partial charge in [0.15, 0.2) is 0 Å². The molecule has 1 aliphatic heterocycles. The summed E-state index contributed by atoms with van der Waals surface area (Å²) in [6, 6.07) is 16.6. The summed E-state index contributed by atoms with van der Waals surface area (Å²) in [5.74, 6) is 0. The molecule has 0 saturated carbocycles. The summed E-state index contributed by atoms with van der Waals surface area (Å²) < 4.78 is 24.8. The van der Waals surface area contributed by atoms with Gasteiger partial charge in [-0.1, -0.05) is 36.4 Å². The summed E-state index contributed by atoms with van der Waals surface area (Å²) in [5.41, 5.74) is 4.73. The SMILES string of the molecule is CN(c1ccc2c(c1)CCN(CCCc1ccccc1)C2)S(C)(=O)=O. The van der Waals surface area contributed by atoms with E-state index in [-0.39, 0.29) is 0 Å². The molecule has 0 aromatic heterocycles. The van der Waals surface area contributed by atoms with Gasteiger partial charge < -0.3 is 0 Å². The van der Waals surface area contributed by atoms with E-state index in [4.69, 9.17) is 0 Å². The molecule has 0 bridgehead atoms. The number of anilines is 1. The van der Waals surface area contributed by atoms with Crippen molar-refractivity contribution in [1.29, 1.82) is 0 Å². The second kappa shape index (κ2) is 7.58. The first kappa shape index (κ1) is 18.0. The molecule has 3 rings (SSSR count). The Balaban J connectivity index is 1.58. The molecule has 5 heteroatoms. The van der Waals surface area contributed by atoms with Gasteiger partial charge in [0.1, 0.15) is 0 Å². The number of hydrogen-bond donors (Lipinski definition) is 0. The summed E-state index contributed by atoms with van der Waals surface area (Å²) in [6.07, 6.45) is 4.49. The van der Waals surface area contributed by atoms with Gasteiger partial charge in [-0.3, -0.25) is 9.21 Å². The minimum absolute atomic E-state index is 0.749. The molecule has 4 nitrogen and oxygen atoms in total. The van der Waals surface area contributed by atoms with E-state index in [0.29, 0.717) is 0 Å². The molecule has 2 aromatic carbocycles. The Morgan fingerprint density at radius 3 is 2.56 bits per heavy atom. The molecule has 0 N–H and O–H groups in total. The van der Waals surface area contributed by atoms with Crippen molar-refractivity contribution in [3.63, 3.8) is 0 Å². The lowest BCUT2D eigenvalue weighted by molar-refractivity contribution is 0.251. The molecule has 0 unspecified atom stereocenters. The van der Waals surface area contributed by atoms with E-state index < -0.39 is 10.0 Å². The standard InChI is InChI=1S/C20H26N2O2S/c1-21(25(2,23)24)20-11-10-19-16-22(14-12-18(19)15-20)13-6-9-17-7-4-3-5-8-17/h3-5,7-8,10-11,15H,6,9,12-14,16H2,1-2H3. The van der Waals surface area contributed by atoms with Gasteiger partial charge in [0.25, 0.3) is 0 Å². The van der Waals surface area contributed by atoms with Crippen LogP contribution in [-0.4, -0.2) is 39.7 Å². The molecule has 0 saturated heterocycles. The van der Waals surface area contributed by atoms with Crippen molar-refractivity contribution in [1.82, 2.24) is 4.90 Å². The van der Waals surface area contributed by atoms with Gasteiger partial charge in [-0.15, -0.1) is 0 Å². The van der Waals surface area contributed by atoms with Gasteiger partial charge >= 0.3 is 0 Å². The Hall–Kier alpha value is -1.85. The van der Waals surface area contributed by atoms with Gasteiger partial charge in [-0.05, 0) is 54.6 Å². The molecule has 134 valence electrons. The van der Waals surface area contributed by atoms with Gasteiger partial charge in [-0.2, -0.15) is 0 Å².